The molecule has 5 rings (SSSR count). The summed E-state index contributed by atoms with van der Waals surface area (Å²) in [5, 5.41) is 7.73. The second-order valence-electron chi connectivity index (χ2n) is 8.24. The first-order valence-electron chi connectivity index (χ1n) is 11.4. The Bertz CT molecular complexity index is 1440. The number of rotatable bonds is 6. The molecule has 2 heterocycles. The lowest BCUT2D eigenvalue weighted by molar-refractivity contribution is 0.102. The van der Waals surface area contributed by atoms with Gasteiger partial charge in [0.2, 0.25) is 0 Å². The van der Waals surface area contributed by atoms with Gasteiger partial charge in [-0.1, -0.05) is 47.1 Å². The van der Waals surface area contributed by atoms with E-state index >= 15 is 0 Å². The number of aromatic nitrogens is 4. The van der Waals surface area contributed by atoms with Gasteiger partial charge in [-0.2, -0.15) is 5.10 Å². The molecule has 0 radical (unpaired) electrons. The predicted octanol–water partition coefficient (Wildman–Crippen LogP) is 6.17. The van der Waals surface area contributed by atoms with Crippen LogP contribution in [0.5, 0.6) is 5.75 Å². The molecule has 2 aromatic heterocycles. The zero-order chi connectivity index (χ0) is 24.4. The Balaban J connectivity index is 1.56. The second kappa shape index (κ2) is 9.84. The van der Waals surface area contributed by atoms with Crippen LogP contribution >= 0.6 is 15.9 Å². The molecule has 0 aliphatic heterocycles. The number of carbonyl (C=O) groups excluding carboxylic acids is 1. The Morgan fingerprint density at radius 2 is 1.86 bits per heavy atom. The van der Waals surface area contributed by atoms with E-state index in [1.54, 1.807) is 43.8 Å². The fraction of sp³-hybridized carbons (Fsp3) is 0.185. The van der Waals surface area contributed by atoms with Crippen molar-refractivity contribution in [2.75, 3.05) is 12.4 Å². The van der Waals surface area contributed by atoms with Gasteiger partial charge in [-0.05, 0) is 48.9 Å². The quantitative estimate of drug-likeness (QED) is 0.323. The minimum atomic E-state index is -0.279. The van der Waals surface area contributed by atoms with Crippen LogP contribution in [-0.2, 0) is 0 Å². The number of methoxy groups -OCH3 is 1. The molecule has 35 heavy (non-hydrogen) atoms. The molecule has 2 aromatic carbocycles. The molecular formula is C27H24BrN5O2. The fourth-order valence-corrected chi connectivity index (χ4v) is 5.06. The number of anilines is 1. The number of nitrogens with one attached hydrogen (secondary N) is 1. The van der Waals surface area contributed by atoms with Crippen LogP contribution in [0.15, 0.2) is 83.6 Å². The van der Waals surface area contributed by atoms with Crippen LogP contribution in [0.25, 0.3) is 22.3 Å². The summed E-state index contributed by atoms with van der Waals surface area (Å²) in [4.78, 5) is 22.0. The van der Waals surface area contributed by atoms with Gasteiger partial charge in [-0.15, -0.1) is 0 Å². The molecule has 1 amide bonds. The number of amides is 1. The van der Waals surface area contributed by atoms with Crippen LogP contribution in [0, 0.1) is 5.92 Å². The highest BCUT2D eigenvalue weighted by Crippen LogP contribution is 2.38. The van der Waals surface area contributed by atoms with Crippen molar-refractivity contribution < 1.29 is 9.53 Å². The summed E-state index contributed by atoms with van der Waals surface area (Å²) in [6.07, 6.45) is 10.5. The summed E-state index contributed by atoms with van der Waals surface area (Å²) >= 11 is 3.72. The molecule has 2 unspecified atom stereocenters. The molecule has 0 spiro atoms. The van der Waals surface area contributed by atoms with Gasteiger partial charge in [0.25, 0.3) is 5.91 Å². The average molecular weight is 530 g/mol. The molecule has 7 nitrogen and oxygen atoms in total. The molecule has 0 saturated heterocycles. The van der Waals surface area contributed by atoms with Gasteiger partial charge >= 0.3 is 0 Å². The number of halogens is 1. The molecule has 2 atom stereocenters. The molecule has 1 aliphatic rings. The highest BCUT2D eigenvalue weighted by molar-refractivity contribution is 9.11. The fourth-order valence-electron chi connectivity index (χ4n) is 4.31. The Morgan fingerprint density at radius 3 is 2.60 bits per heavy atom. The maximum absolute atomic E-state index is 13.2. The minimum absolute atomic E-state index is 0.0468. The Morgan fingerprint density at radius 1 is 1.09 bits per heavy atom. The lowest BCUT2D eigenvalue weighted by atomic mass is 9.92. The molecule has 1 aliphatic carbocycles. The Labute approximate surface area is 211 Å². The molecule has 0 saturated carbocycles. The zero-order valence-corrected chi connectivity index (χ0v) is 20.9. The largest absolute Gasteiger partial charge is 0.497 e. The van der Waals surface area contributed by atoms with Gasteiger partial charge in [0.1, 0.15) is 5.75 Å². The third-order valence-electron chi connectivity index (χ3n) is 6.13. The van der Waals surface area contributed by atoms with E-state index < -0.39 is 0 Å². The van der Waals surface area contributed by atoms with Crippen molar-refractivity contribution >= 4 is 38.6 Å². The highest BCUT2D eigenvalue weighted by Gasteiger charge is 2.28. The number of fused-ring (bicyclic) bond motifs is 1. The molecular weight excluding hydrogens is 506 g/mol. The van der Waals surface area contributed by atoms with Crippen molar-refractivity contribution in [2.24, 2.45) is 5.92 Å². The third kappa shape index (κ3) is 4.61. The maximum Gasteiger partial charge on any atom is 0.276 e. The normalized spacial score (nSPS) is 17.3. The monoisotopic (exact) mass is 529 g/mol. The van der Waals surface area contributed by atoms with Gasteiger partial charge in [-0.25, -0.2) is 0 Å². The smallest absolute Gasteiger partial charge is 0.276 e. The first-order valence-corrected chi connectivity index (χ1v) is 12.2. The number of allylic oxidation sites excluding steroid dienone is 4. The minimum Gasteiger partial charge on any atom is -0.497 e. The van der Waals surface area contributed by atoms with E-state index in [0.717, 1.165) is 38.9 Å². The number of carbonyl (C=O) groups is 1. The van der Waals surface area contributed by atoms with E-state index in [1.807, 2.05) is 35.0 Å². The summed E-state index contributed by atoms with van der Waals surface area (Å²) in [7, 11) is 1.61. The van der Waals surface area contributed by atoms with Crippen LogP contribution in [0.4, 0.5) is 5.69 Å². The van der Waals surface area contributed by atoms with Crippen LogP contribution < -0.4 is 10.1 Å². The van der Waals surface area contributed by atoms with Crippen molar-refractivity contribution in [3.05, 3.63) is 89.3 Å². The summed E-state index contributed by atoms with van der Waals surface area (Å²) < 4.78 is 8.26. The van der Waals surface area contributed by atoms with Crippen LogP contribution in [0.2, 0.25) is 0 Å². The van der Waals surface area contributed by atoms with Gasteiger partial charge in [0, 0.05) is 34.0 Å². The summed E-state index contributed by atoms with van der Waals surface area (Å²) in [6.45, 7) is 2.15. The molecule has 0 fully saturated rings. The van der Waals surface area contributed by atoms with E-state index in [1.165, 1.54) is 0 Å². The Hall–Kier alpha value is -3.78. The second-order valence-corrected chi connectivity index (χ2v) is 9.16. The molecule has 4 aromatic rings. The maximum atomic E-state index is 13.2. The van der Waals surface area contributed by atoms with E-state index in [2.05, 4.69) is 50.3 Å². The summed E-state index contributed by atoms with van der Waals surface area (Å²) in [5.41, 5.74) is 4.37. The first-order chi connectivity index (χ1) is 17.1. The number of benzene rings is 2. The molecule has 0 bridgehead atoms. The summed E-state index contributed by atoms with van der Waals surface area (Å²) in [6, 6.07) is 14.9. The van der Waals surface area contributed by atoms with Gasteiger partial charge in [0.05, 0.1) is 29.9 Å². The average Bonchev–Trinajstić information content (AvgIpc) is 3.34. The number of hydrogen-bond acceptors (Lipinski definition) is 5. The zero-order valence-electron chi connectivity index (χ0n) is 19.4. The third-order valence-corrected chi connectivity index (χ3v) is 6.99. The van der Waals surface area contributed by atoms with E-state index in [-0.39, 0.29) is 17.9 Å². The van der Waals surface area contributed by atoms with Crippen molar-refractivity contribution in [1.29, 1.82) is 0 Å². The molecule has 176 valence electrons. The highest BCUT2D eigenvalue weighted by atomic mass is 79.9. The Kier molecular flexibility index (Phi) is 6.46. The van der Waals surface area contributed by atoms with Crippen molar-refractivity contribution in [2.45, 2.75) is 19.4 Å². The SMILES string of the molecule is CCC1C(Br)=CC=CC1n1nc(C(=O)Nc2ccc(OC)cc2)cc1-c1ccc2nccnc2c1. The topological polar surface area (TPSA) is 81.9 Å². The lowest BCUT2D eigenvalue weighted by Gasteiger charge is -2.28. The van der Waals surface area contributed by atoms with Gasteiger partial charge in [0.15, 0.2) is 5.69 Å². The van der Waals surface area contributed by atoms with E-state index in [4.69, 9.17) is 9.84 Å². The van der Waals surface area contributed by atoms with Gasteiger partial charge in [-0.3, -0.25) is 19.4 Å². The number of ether oxygens (including phenoxy) is 1. The lowest BCUT2D eigenvalue weighted by Crippen LogP contribution is -2.22. The molecule has 1 N–H and O–H groups in total. The van der Waals surface area contributed by atoms with E-state index in [9.17, 15) is 4.79 Å². The van der Waals surface area contributed by atoms with Crippen molar-refractivity contribution in [3.8, 4) is 17.0 Å². The van der Waals surface area contributed by atoms with Crippen molar-refractivity contribution in [3.63, 3.8) is 0 Å². The van der Waals surface area contributed by atoms with Gasteiger partial charge < -0.3 is 10.1 Å². The molecule has 8 heteroatoms. The van der Waals surface area contributed by atoms with Crippen LogP contribution in [-0.4, -0.2) is 32.8 Å². The van der Waals surface area contributed by atoms with Crippen LogP contribution in [0.3, 0.4) is 0 Å². The van der Waals surface area contributed by atoms with E-state index in [0.29, 0.717) is 11.4 Å². The number of hydrogen-bond donors (Lipinski definition) is 1. The number of nitrogens with zero attached hydrogens (tertiary/aromatic N) is 4. The summed E-state index contributed by atoms with van der Waals surface area (Å²) in [5.74, 6) is 0.650. The predicted molar refractivity (Wildman–Crippen MR) is 141 cm³/mol. The van der Waals surface area contributed by atoms with Crippen LogP contribution in [0.1, 0.15) is 29.9 Å². The standard InChI is InChI=1S/C27H24BrN5O2/c1-3-20-21(28)5-4-6-25(20)33-26(17-7-12-22-23(15-17)30-14-13-29-22)16-24(32-33)27(34)31-18-8-10-19(35-2)11-9-18/h4-16,20,25H,3H2,1-2H3,(H,31,34). The first kappa shape index (κ1) is 23.0. The van der Waals surface area contributed by atoms with Crippen molar-refractivity contribution in [1.82, 2.24) is 19.7 Å².